The van der Waals surface area contributed by atoms with Crippen LogP contribution in [0.1, 0.15) is 19.8 Å². The minimum Gasteiger partial charge on any atom is -0.396 e. The van der Waals surface area contributed by atoms with E-state index in [0.29, 0.717) is 12.5 Å². The molecule has 9 heavy (non-hydrogen) atoms. The second kappa shape index (κ2) is 8.21. The molecule has 0 aliphatic heterocycles. The molecule has 58 valence electrons. The van der Waals surface area contributed by atoms with E-state index in [0.717, 1.165) is 19.4 Å². The third-order valence-electron chi connectivity index (χ3n) is 1.26. The molecule has 0 spiro atoms. The summed E-state index contributed by atoms with van der Waals surface area (Å²) in [4.78, 5) is 0. The number of hydrogen-bond acceptors (Lipinski definition) is 2. The number of aliphatic hydroxyl groups is 1. The van der Waals surface area contributed by atoms with Gasteiger partial charge in [-0.05, 0) is 25.3 Å². The quantitative estimate of drug-likeness (QED) is 0.627. The van der Waals surface area contributed by atoms with E-state index in [9.17, 15) is 0 Å². The van der Waals surface area contributed by atoms with E-state index in [1.54, 1.807) is 0 Å². The van der Waals surface area contributed by atoms with E-state index in [-0.39, 0.29) is 12.4 Å². The van der Waals surface area contributed by atoms with Crippen LogP contribution in [-0.2, 0) is 0 Å². The number of rotatable bonds is 4. The lowest BCUT2D eigenvalue weighted by atomic mass is 10.1. The normalized spacial score (nSPS) is 12.3. The lowest BCUT2D eigenvalue weighted by molar-refractivity contribution is 0.274. The summed E-state index contributed by atoms with van der Waals surface area (Å²) in [6.07, 6.45) is 1.94. The van der Waals surface area contributed by atoms with Crippen LogP contribution in [0.5, 0.6) is 0 Å². The van der Waals surface area contributed by atoms with Gasteiger partial charge in [-0.2, -0.15) is 0 Å². The van der Waals surface area contributed by atoms with Gasteiger partial charge in [-0.1, -0.05) is 6.92 Å². The van der Waals surface area contributed by atoms with Crippen molar-refractivity contribution in [1.82, 2.24) is 0 Å². The Morgan fingerprint density at radius 1 is 1.56 bits per heavy atom. The van der Waals surface area contributed by atoms with Crippen molar-refractivity contribution in [2.75, 3.05) is 13.2 Å². The highest BCUT2D eigenvalue weighted by molar-refractivity contribution is 5.85. The first-order valence-electron chi connectivity index (χ1n) is 3.12. The highest BCUT2D eigenvalue weighted by Crippen LogP contribution is 2.00. The fourth-order valence-corrected chi connectivity index (χ4v) is 0.558. The predicted octanol–water partition coefficient (Wildman–Crippen LogP) is 0.776. The number of halogens is 1. The van der Waals surface area contributed by atoms with Crippen molar-refractivity contribution in [3.8, 4) is 0 Å². The van der Waals surface area contributed by atoms with E-state index in [2.05, 4.69) is 6.92 Å². The van der Waals surface area contributed by atoms with Gasteiger partial charge in [-0.15, -0.1) is 12.4 Å². The van der Waals surface area contributed by atoms with Crippen LogP contribution in [0.4, 0.5) is 0 Å². The average Bonchev–Trinajstić information content (AvgIpc) is 1.83. The number of aliphatic hydroxyl groups excluding tert-OH is 1. The minimum absolute atomic E-state index is 0. The minimum atomic E-state index is 0. The van der Waals surface area contributed by atoms with Crippen molar-refractivity contribution >= 4 is 12.4 Å². The van der Waals surface area contributed by atoms with Gasteiger partial charge in [0.15, 0.2) is 0 Å². The monoisotopic (exact) mass is 153 g/mol. The Morgan fingerprint density at radius 3 is 2.44 bits per heavy atom. The highest BCUT2D eigenvalue weighted by Gasteiger charge is 1.95. The molecule has 0 aliphatic carbocycles. The lowest BCUT2D eigenvalue weighted by Gasteiger charge is -2.04. The summed E-state index contributed by atoms with van der Waals surface area (Å²) in [6, 6.07) is 0. The summed E-state index contributed by atoms with van der Waals surface area (Å²) in [5, 5.41) is 8.37. The molecule has 0 bridgehead atoms. The molecule has 0 rings (SSSR count). The van der Waals surface area contributed by atoms with Gasteiger partial charge in [-0.3, -0.25) is 0 Å². The maximum absolute atomic E-state index is 8.37. The Morgan fingerprint density at radius 2 is 2.11 bits per heavy atom. The van der Waals surface area contributed by atoms with Crippen LogP contribution in [0.15, 0.2) is 0 Å². The van der Waals surface area contributed by atoms with Crippen LogP contribution in [0.25, 0.3) is 0 Å². The molecular formula is C6H16ClNO. The van der Waals surface area contributed by atoms with Crippen molar-refractivity contribution in [2.45, 2.75) is 19.8 Å². The molecule has 0 radical (unpaired) electrons. The topological polar surface area (TPSA) is 46.2 Å². The maximum atomic E-state index is 8.37. The first-order chi connectivity index (χ1) is 3.81. The molecule has 0 aromatic heterocycles. The molecule has 0 saturated heterocycles. The molecule has 1 atom stereocenters. The van der Waals surface area contributed by atoms with Crippen LogP contribution in [0, 0.1) is 5.92 Å². The maximum Gasteiger partial charge on any atom is 0.0431 e. The fraction of sp³-hybridized carbons (Fsp3) is 1.00. The summed E-state index contributed by atoms with van der Waals surface area (Å²) in [6.45, 7) is 3.12. The summed E-state index contributed by atoms with van der Waals surface area (Å²) < 4.78 is 0. The standard InChI is InChI=1S/C6H15NO.ClH/c1-6(5-7)3-2-4-8;/h6,8H,2-5,7H2,1H3;1H/t6-;/m0./s1. The highest BCUT2D eigenvalue weighted by atomic mass is 35.5. The predicted molar refractivity (Wildman–Crippen MR) is 41.8 cm³/mol. The van der Waals surface area contributed by atoms with Gasteiger partial charge in [0.05, 0.1) is 0 Å². The summed E-state index contributed by atoms with van der Waals surface area (Å²) in [5.74, 6) is 0.571. The second-order valence-corrected chi connectivity index (χ2v) is 2.21. The largest absolute Gasteiger partial charge is 0.396 e. The average molecular weight is 154 g/mol. The molecule has 0 saturated carbocycles. The number of nitrogens with two attached hydrogens (primary N) is 1. The van der Waals surface area contributed by atoms with Crippen LogP contribution >= 0.6 is 12.4 Å². The third kappa shape index (κ3) is 8.21. The van der Waals surface area contributed by atoms with E-state index < -0.39 is 0 Å². The Kier molecular flexibility index (Phi) is 10.9. The van der Waals surface area contributed by atoms with Gasteiger partial charge in [0.25, 0.3) is 0 Å². The van der Waals surface area contributed by atoms with Gasteiger partial charge in [0.1, 0.15) is 0 Å². The molecule has 0 aliphatic rings. The smallest absolute Gasteiger partial charge is 0.0431 e. The molecule has 3 heteroatoms. The van der Waals surface area contributed by atoms with Crippen molar-refractivity contribution in [1.29, 1.82) is 0 Å². The van der Waals surface area contributed by atoms with Gasteiger partial charge < -0.3 is 10.8 Å². The molecule has 0 amide bonds. The molecule has 0 heterocycles. The third-order valence-corrected chi connectivity index (χ3v) is 1.26. The Labute approximate surface area is 62.9 Å². The SMILES string of the molecule is C[C@H](CN)CCCO.Cl. The molecule has 3 N–H and O–H groups in total. The van der Waals surface area contributed by atoms with Gasteiger partial charge in [-0.25, -0.2) is 0 Å². The van der Waals surface area contributed by atoms with Crippen LogP contribution in [0.3, 0.4) is 0 Å². The van der Waals surface area contributed by atoms with E-state index in [4.69, 9.17) is 10.8 Å². The summed E-state index contributed by atoms with van der Waals surface area (Å²) >= 11 is 0. The molecule has 0 aromatic carbocycles. The van der Waals surface area contributed by atoms with E-state index >= 15 is 0 Å². The van der Waals surface area contributed by atoms with Gasteiger partial charge >= 0.3 is 0 Å². The zero-order valence-corrected chi connectivity index (χ0v) is 6.66. The van der Waals surface area contributed by atoms with Crippen molar-refractivity contribution in [2.24, 2.45) is 11.7 Å². The molecular weight excluding hydrogens is 138 g/mol. The Bertz CT molecular complexity index is 52.3. The van der Waals surface area contributed by atoms with Crippen LogP contribution in [-0.4, -0.2) is 18.3 Å². The van der Waals surface area contributed by atoms with Gasteiger partial charge in [0, 0.05) is 6.61 Å². The summed E-state index contributed by atoms with van der Waals surface area (Å²) in [7, 11) is 0. The lowest BCUT2D eigenvalue weighted by Crippen LogP contribution is -2.10. The zero-order valence-electron chi connectivity index (χ0n) is 5.84. The fourth-order valence-electron chi connectivity index (χ4n) is 0.558. The molecule has 2 nitrogen and oxygen atoms in total. The summed E-state index contributed by atoms with van der Waals surface area (Å²) in [5.41, 5.74) is 5.33. The van der Waals surface area contributed by atoms with Crippen LogP contribution < -0.4 is 5.73 Å². The van der Waals surface area contributed by atoms with Crippen molar-refractivity contribution in [3.05, 3.63) is 0 Å². The van der Waals surface area contributed by atoms with Crippen molar-refractivity contribution in [3.63, 3.8) is 0 Å². The first-order valence-corrected chi connectivity index (χ1v) is 3.12. The molecule has 0 fully saturated rings. The molecule has 0 aromatic rings. The Hall–Kier alpha value is 0.210. The van der Waals surface area contributed by atoms with E-state index in [1.165, 1.54) is 0 Å². The first kappa shape index (κ1) is 11.9. The second-order valence-electron chi connectivity index (χ2n) is 2.21. The molecule has 0 unspecified atom stereocenters. The Balaban J connectivity index is 0. The van der Waals surface area contributed by atoms with Gasteiger partial charge in [0.2, 0.25) is 0 Å². The van der Waals surface area contributed by atoms with E-state index in [1.807, 2.05) is 0 Å². The zero-order chi connectivity index (χ0) is 6.41. The van der Waals surface area contributed by atoms with Crippen LogP contribution in [0.2, 0.25) is 0 Å². The number of hydrogen-bond donors (Lipinski definition) is 2. The van der Waals surface area contributed by atoms with Crippen molar-refractivity contribution < 1.29 is 5.11 Å².